The lowest BCUT2D eigenvalue weighted by Crippen LogP contribution is -1.96. The molecule has 0 saturated carbocycles. The molecule has 1 aromatic carbocycles. The number of fused-ring (bicyclic) bond motifs is 1. The van der Waals surface area contributed by atoms with Crippen LogP contribution in [0.2, 0.25) is 0 Å². The molecule has 0 unspecified atom stereocenters. The summed E-state index contributed by atoms with van der Waals surface area (Å²) in [5.41, 5.74) is 5.60. The molecule has 0 saturated heterocycles. The van der Waals surface area contributed by atoms with Gasteiger partial charge in [0, 0.05) is 39.3 Å². The second kappa shape index (κ2) is 6.76. The predicted octanol–water partition coefficient (Wildman–Crippen LogP) is 5.89. The number of pyridine rings is 2. The van der Waals surface area contributed by atoms with E-state index in [0.29, 0.717) is 11.3 Å². The number of hydrogen-bond donors (Lipinski definition) is 1. The molecule has 0 atom stereocenters. The van der Waals surface area contributed by atoms with E-state index in [4.69, 9.17) is 4.98 Å². The Bertz CT molecular complexity index is 1310. The number of benzene rings is 1. The summed E-state index contributed by atoms with van der Waals surface area (Å²) >= 11 is 1.61. The molecule has 0 fully saturated rings. The van der Waals surface area contributed by atoms with Gasteiger partial charge in [0.05, 0.1) is 22.6 Å². The smallest absolute Gasteiger partial charge is 0.102 e. The molecule has 1 N–H and O–H groups in total. The molecule has 0 aliphatic rings. The first-order valence-electron chi connectivity index (χ1n) is 8.82. The third-order valence-electron chi connectivity index (χ3n) is 4.69. The topological polar surface area (TPSA) is 65.4 Å². The van der Waals surface area contributed by atoms with Crippen molar-refractivity contribution in [3.05, 3.63) is 84.0 Å². The maximum absolute atomic E-state index is 10.0. The second-order valence-electron chi connectivity index (χ2n) is 6.33. The van der Waals surface area contributed by atoms with Crippen molar-refractivity contribution in [3.8, 4) is 39.2 Å². The summed E-state index contributed by atoms with van der Waals surface area (Å²) in [5.74, 6) is 0. The zero-order chi connectivity index (χ0) is 18.9. The van der Waals surface area contributed by atoms with Crippen LogP contribution in [0.1, 0.15) is 5.56 Å². The maximum atomic E-state index is 10.0. The minimum absolute atomic E-state index is 0.576. The Labute approximate surface area is 165 Å². The number of nitrogens with zero attached hydrogens (tertiary/aromatic N) is 3. The minimum Gasteiger partial charge on any atom is -0.360 e. The Morgan fingerprint density at radius 2 is 1.82 bits per heavy atom. The highest BCUT2D eigenvalue weighted by Crippen LogP contribution is 2.38. The van der Waals surface area contributed by atoms with Crippen molar-refractivity contribution in [2.24, 2.45) is 0 Å². The van der Waals surface area contributed by atoms with Crippen molar-refractivity contribution >= 4 is 22.2 Å². The van der Waals surface area contributed by atoms with Crippen LogP contribution in [-0.4, -0.2) is 15.0 Å². The van der Waals surface area contributed by atoms with Crippen molar-refractivity contribution in [1.29, 1.82) is 5.26 Å². The number of para-hydroxylation sites is 1. The largest absolute Gasteiger partial charge is 0.360 e. The Morgan fingerprint density at radius 1 is 0.929 bits per heavy atom. The zero-order valence-electron chi connectivity index (χ0n) is 14.8. The predicted molar refractivity (Wildman–Crippen MR) is 113 cm³/mol. The van der Waals surface area contributed by atoms with Gasteiger partial charge >= 0.3 is 0 Å². The number of thiophene rings is 1. The normalized spacial score (nSPS) is 10.8. The lowest BCUT2D eigenvalue weighted by molar-refractivity contribution is 1.24. The summed E-state index contributed by atoms with van der Waals surface area (Å²) in [5, 5.41) is 13.1. The fraction of sp³-hybridized carbons (Fsp3) is 0. The molecule has 5 aromatic rings. The molecule has 132 valence electrons. The molecule has 0 radical (unpaired) electrons. The summed E-state index contributed by atoms with van der Waals surface area (Å²) in [4.78, 5) is 13.7. The quantitative estimate of drug-likeness (QED) is 0.425. The van der Waals surface area contributed by atoms with Gasteiger partial charge in [0.15, 0.2) is 0 Å². The second-order valence-corrected chi connectivity index (χ2v) is 7.28. The van der Waals surface area contributed by atoms with Gasteiger partial charge in [-0.2, -0.15) is 5.26 Å². The molecule has 4 aromatic heterocycles. The summed E-state index contributed by atoms with van der Waals surface area (Å²) in [6.07, 6.45) is 3.68. The van der Waals surface area contributed by atoms with E-state index in [1.165, 1.54) is 0 Å². The average Bonchev–Trinajstić information content (AvgIpc) is 3.43. The number of nitriles is 1. The first-order chi connectivity index (χ1) is 13.8. The molecular formula is C23H14N4S. The van der Waals surface area contributed by atoms with Crippen LogP contribution < -0.4 is 0 Å². The van der Waals surface area contributed by atoms with Crippen LogP contribution in [0, 0.1) is 11.3 Å². The summed E-state index contributed by atoms with van der Waals surface area (Å²) in [6.45, 7) is 0. The van der Waals surface area contributed by atoms with Gasteiger partial charge in [0.2, 0.25) is 0 Å². The van der Waals surface area contributed by atoms with Crippen LogP contribution in [-0.2, 0) is 0 Å². The van der Waals surface area contributed by atoms with E-state index in [-0.39, 0.29) is 0 Å². The molecule has 0 spiro atoms. The van der Waals surface area contributed by atoms with Gasteiger partial charge in [0.1, 0.15) is 6.07 Å². The maximum Gasteiger partial charge on any atom is 0.102 e. The van der Waals surface area contributed by atoms with E-state index in [0.717, 1.165) is 38.3 Å². The van der Waals surface area contributed by atoms with Crippen LogP contribution in [0.4, 0.5) is 0 Å². The van der Waals surface area contributed by atoms with Crippen molar-refractivity contribution in [3.63, 3.8) is 0 Å². The van der Waals surface area contributed by atoms with E-state index in [1.54, 1.807) is 17.5 Å². The van der Waals surface area contributed by atoms with Crippen molar-refractivity contribution in [2.45, 2.75) is 0 Å². The van der Waals surface area contributed by atoms with E-state index >= 15 is 0 Å². The van der Waals surface area contributed by atoms with Crippen molar-refractivity contribution in [1.82, 2.24) is 15.0 Å². The third-order valence-corrected chi connectivity index (χ3v) is 5.59. The number of aromatic nitrogens is 3. The third kappa shape index (κ3) is 2.68. The van der Waals surface area contributed by atoms with Gasteiger partial charge in [-0.25, -0.2) is 4.98 Å². The van der Waals surface area contributed by atoms with Gasteiger partial charge in [-0.1, -0.05) is 30.3 Å². The van der Waals surface area contributed by atoms with Crippen LogP contribution in [0.3, 0.4) is 0 Å². The van der Waals surface area contributed by atoms with Crippen molar-refractivity contribution in [2.75, 3.05) is 0 Å². The molecule has 4 nitrogen and oxygen atoms in total. The summed E-state index contributed by atoms with van der Waals surface area (Å²) in [6, 6.07) is 22.2. The van der Waals surface area contributed by atoms with Gasteiger partial charge in [-0.15, -0.1) is 11.3 Å². The lowest BCUT2D eigenvalue weighted by Gasteiger charge is -2.11. The Morgan fingerprint density at radius 3 is 2.61 bits per heavy atom. The number of hydrogen-bond acceptors (Lipinski definition) is 4. The molecular weight excluding hydrogens is 364 g/mol. The van der Waals surface area contributed by atoms with Crippen LogP contribution in [0.25, 0.3) is 44.0 Å². The van der Waals surface area contributed by atoms with Crippen LogP contribution in [0.15, 0.2) is 78.4 Å². The highest BCUT2D eigenvalue weighted by molar-refractivity contribution is 7.13. The van der Waals surface area contributed by atoms with Gasteiger partial charge in [-0.05, 0) is 35.7 Å². The first-order valence-corrected chi connectivity index (χ1v) is 9.70. The highest BCUT2D eigenvalue weighted by Gasteiger charge is 2.19. The summed E-state index contributed by atoms with van der Waals surface area (Å²) in [7, 11) is 0. The standard InChI is InChI=1S/C23H14N4S/c24-13-17-16(22-9-5-11-28-22)12-21(20-8-3-4-10-25-20)27-23(17)18-14-26-19-7-2-1-6-15(18)19/h1-12,14,26H. The molecule has 5 rings (SSSR count). The van der Waals surface area contributed by atoms with Gasteiger partial charge < -0.3 is 4.98 Å². The molecule has 5 heteroatoms. The Kier molecular flexibility index (Phi) is 3.97. The molecule has 4 heterocycles. The van der Waals surface area contributed by atoms with Crippen LogP contribution >= 0.6 is 11.3 Å². The van der Waals surface area contributed by atoms with Crippen LogP contribution in [0.5, 0.6) is 0 Å². The molecule has 0 amide bonds. The zero-order valence-corrected chi connectivity index (χ0v) is 15.6. The van der Waals surface area contributed by atoms with Gasteiger partial charge in [0.25, 0.3) is 0 Å². The minimum atomic E-state index is 0.576. The van der Waals surface area contributed by atoms with Crippen molar-refractivity contribution < 1.29 is 0 Å². The number of rotatable bonds is 3. The fourth-order valence-electron chi connectivity index (χ4n) is 3.39. The van der Waals surface area contributed by atoms with E-state index < -0.39 is 0 Å². The SMILES string of the molecule is N#Cc1c(-c2cccs2)cc(-c2ccccn2)nc1-c1c[nH]c2ccccc12. The molecule has 0 aliphatic carbocycles. The van der Waals surface area contributed by atoms with E-state index in [1.807, 2.05) is 72.2 Å². The van der Waals surface area contributed by atoms with E-state index in [2.05, 4.69) is 16.0 Å². The van der Waals surface area contributed by atoms with E-state index in [9.17, 15) is 5.26 Å². The number of nitrogens with one attached hydrogen (secondary N) is 1. The molecule has 0 aliphatic heterocycles. The highest BCUT2D eigenvalue weighted by atomic mass is 32.1. The molecule has 28 heavy (non-hydrogen) atoms. The average molecular weight is 378 g/mol. The van der Waals surface area contributed by atoms with Gasteiger partial charge in [-0.3, -0.25) is 4.98 Å². The monoisotopic (exact) mass is 378 g/mol. The first kappa shape index (κ1) is 16.4. The number of aromatic amines is 1. The molecule has 0 bridgehead atoms. The Balaban J connectivity index is 1.85. The number of H-pyrrole nitrogens is 1. The fourth-order valence-corrected chi connectivity index (χ4v) is 4.14. The Hall–Kier alpha value is -3.75. The summed E-state index contributed by atoms with van der Waals surface area (Å²) < 4.78 is 0. The lowest BCUT2D eigenvalue weighted by atomic mass is 9.98.